The van der Waals surface area contributed by atoms with Crippen molar-refractivity contribution in [3.05, 3.63) is 101 Å². The van der Waals surface area contributed by atoms with Gasteiger partial charge in [-0.05, 0) is 80.4 Å². The van der Waals surface area contributed by atoms with E-state index in [4.69, 9.17) is 19.6 Å². The molecule has 2 aliphatic heterocycles. The summed E-state index contributed by atoms with van der Waals surface area (Å²) in [6.45, 7) is 5.11. The van der Waals surface area contributed by atoms with Crippen LogP contribution in [-0.4, -0.2) is 78.8 Å². The first kappa shape index (κ1) is 32.9. The first-order valence-corrected chi connectivity index (χ1v) is 16.4. The van der Waals surface area contributed by atoms with Crippen LogP contribution in [-0.2, 0) is 21.8 Å². The van der Waals surface area contributed by atoms with Crippen molar-refractivity contribution in [2.45, 2.75) is 31.3 Å². The Morgan fingerprint density at radius 3 is 2.42 bits per heavy atom. The number of aromatic nitrogens is 3. The molecule has 5 N–H and O–H groups in total. The number of nitrogens with one attached hydrogen (secondary N) is 5. The molecule has 6 rings (SSSR count). The van der Waals surface area contributed by atoms with Gasteiger partial charge in [0.1, 0.15) is 24.8 Å². The van der Waals surface area contributed by atoms with Crippen LogP contribution >= 0.6 is 0 Å². The van der Waals surface area contributed by atoms with E-state index in [1.807, 2.05) is 78.9 Å². The second-order valence-corrected chi connectivity index (χ2v) is 11.8. The van der Waals surface area contributed by atoms with E-state index in [-0.39, 0.29) is 11.8 Å². The topological polar surface area (TPSA) is 152 Å². The number of piperidine rings is 1. The quantitative estimate of drug-likeness (QED) is 0.0696. The Kier molecular flexibility index (Phi) is 11.1. The van der Waals surface area contributed by atoms with Gasteiger partial charge in [0.2, 0.25) is 5.79 Å². The summed E-state index contributed by atoms with van der Waals surface area (Å²) in [6, 6.07) is 25.4. The number of rotatable bonds is 16. The van der Waals surface area contributed by atoms with Gasteiger partial charge in [0, 0.05) is 42.8 Å². The molecule has 13 nitrogen and oxygen atoms in total. The van der Waals surface area contributed by atoms with Gasteiger partial charge >= 0.3 is 5.69 Å². The Bertz CT molecular complexity index is 1670. The van der Waals surface area contributed by atoms with Gasteiger partial charge in [0.25, 0.3) is 0 Å². The van der Waals surface area contributed by atoms with Gasteiger partial charge in [-0.3, -0.25) is 0 Å². The zero-order valence-corrected chi connectivity index (χ0v) is 26.9. The lowest BCUT2D eigenvalue weighted by Crippen LogP contribution is -2.38. The maximum Gasteiger partial charge on any atom is 0.350 e. The Morgan fingerprint density at radius 2 is 1.71 bits per heavy atom. The van der Waals surface area contributed by atoms with Crippen LogP contribution in [0.1, 0.15) is 18.4 Å². The van der Waals surface area contributed by atoms with Crippen molar-refractivity contribution in [1.29, 1.82) is 5.41 Å². The maximum atomic E-state index is 12.9. The first-order chi connectivity index (χ1) is 23.6. The van der Waals surface area contributed by atoms with Gasteiger partial charge in [0.15, 0.2) is 0 Å². The second-order valence-electron chi connectivity index (χ2n) is 11.8. The SMILES string of the molecule is N=C/C=N\NC[C@@]1(c2ccccc2)OC[C@@H](COc2ccc(NCCNc3ccc(-n4cnn(CC5CCNCC5)c4=O)cc3)cc2)O1. The molecule has 4 aromatic rings. The average molecular weight is 654 g/mol. The van der Waals surface area contributed by atoms with E-state index in [0.29, 0.717) is 32.2 Å². The van der Waals surface area contributed by atoms with E-state index in [1.165, 1.54) is 6.21 Å². The highest BCUT2D eigenvalue weighted by Crippen LogP contribution is 2.34. The van der Waals surface area contributed by atoms with E-state index >= 15 is 0 Å². The van der Waals surface area contributed by atoms with Gasteiger partial charge in [-0.1, -0.05) is 30.3 Å². The normalized spacial score (nSPS) is 19.7. The number of anilines is 2. The molecule has 0 unspecified atom stereocenters. The minimum absolute atomic E-state index is 0.101. The number of hydrogen-bond acceptors (Lipinski definition) is 11. The number of hydrogen-bond donors (Lipinski definition) is 5. The van der Waals surface area contributed by atoms with Gasteiger partial charge in [-0.2, -0.15) is 10.2 Å². The van der Waals surface area contributed by atoms with E-state index < -0.39 is 5.79 Å². The fraction of sp³-hybridized carbons (Fsp3) is 0.371. The van der Waals surface area contributed by atoms with Crippen molar-refractivity contribution in [2.75, 3.05) is 56.6 Å². The fourth-order valence-corrected chi connectivity index (χ4v) is 5.88. The zero-order chi connectivity index (χ0) is 33.0. The third kappa shape index (κ3) is 8.48. The van der Waals surface area contributed by atoms with Crippen LogP contribution in [0.2, 0.25) is 0 Å². The predicted molar refractivity (Wildman–Crippen MR) is 187 cm³/mol. The summed E-state index contributed by atoms with van der Waals surface area (Å²) in [5.41, 5.74) is 6.46. The monoisotopic (exact) mass is 653 g/mol. The molecule has 2 fully saturated rings. The van der Waals surface area contributed by atoms with Crippen molar-refractivity contribution in [3.63, 3.8) is 0 Å². The van der Waals surface area contributed by atoms with Gasteiger partial charge in [-0.15, -0.1) is 0 Å². The van der Waals surface area contributed by atoms with Gasteiger partial charge in [-0.25, -0.2) is 14.0 Å². The lowest BCUT2D eigenvalue weighted by molar-refractivity contribution is -0.175. The van der Waals surface area contributed by atoms with Crippen molar-refractivity contribution in [3.8, 4) is 11.4 Å². The van der Waals surface area contributed by atoms with Crippen LogP contribution in [0.3, 0.4) is 0 Å². The molecular formula is C35H43N9O4. The largest absolute Gasteiger partial charge is 0.491 e. The van der Waals surface area contributed by atoms with Gasteiger partial charge in [0.05, 0.1) is 25.1 Å². The molecule has 0 bridgehead atoms. The molecule has 0 radical (unpaired) electrons. The molecule has 0 amide bonds. The van der Waals surface area contributed by atoms with E-state index in [9.17, 15) is 4.79 Å². The van der Waals surface area contributed by atoms with Crippen molar-refractivity contribution < 1.29 is 14.2 Å². The van der Waals surface area contributed by atoms with E-state index in [2.05, 4.69) is 31.6 Å². The van der Waals surface area contributed by atoms with E-state index in [1.54, 1.807) is 15.6 Å². The Balaban J connectivity index is 0.922. The molecule has 0 saturated carbocycles. The molecule has 0 aliphatic carbocycles. The molecule has 252 valence electrons. The smallest absolute Gasteiger partial charge is 0.350 e. The molecule has 2 aliphatic rings. The first-order valence-electron chi connectivity index (χ1n) is 16.4. The van der Waals surface area contributed by atoms with Crippen LogP contribution in [0.4, 0.5) is 11.4 Å². The number of hydrazone groups is 1. The summed E-state index contributed by atoms with van der Waals surface area (Å²) in [4.78, 5) is 12.9. The summed E-state index contributed by atoms with van der Waals surface area (Å²) in [6.07, 6.45) is 5.95. The zero-order valence-electron chi connectivity index (χ0n) is 26.9. The lowest BCUT2D eigenvalue weighted by atomic mass is 9.98. The third-order valence-corrected chi connectivity index (χ3v) is 8.47. The summed E-state index contributed by atoms with van der Waals surface area (Å²) in [7, 11) is 0. The van der Waals surface area contributed by atoms with Crippen LogP contribution in [0, 0.1) is 11.3 Å². The maximum absolute atomic E-state index is 12.9. The van der Waals surface area contributed by atoms with Crippen molar-refractivity contribution >= 4 is 23.8 Å². The Labute approximate surface area is 279 Å². The fourth-order valence-electron chi connectivity index (χ4n) is 5.88. The molecule has 48 heavy (non-hydrogen) atoms. The van der Waals surface area contributed by atoms with Crippen LogP contribution in [0.15, 0.2) is 95.1 Å². The average Bonchev–Trinajstić information content (AvgIpc) is 3.73. The minimum Gasteiger partial charge on any atom is -0.491 e. The second kappa shape index (κ2) is 16.2. The highest BCUT2D eigenvalue weighted by Gasteiger charge is 2.43. The highest BCUT2D eigenvalue weighted by molar-refractivity contribution is 6.14. The van der Waals surface area contributed by atoms with E-state index in [0.717, 1.165) is 73.6 Å². The molecule has 1 aromatic heterocycles. The highest BCUT2D eigenvalue weighted by atomic mass is 16.8. The van der Waals surface area contributed by atoms with Crippen molar-refractivity contribution in [1.82, 2.24) is 25.1 Å². The molecule has 2 atom stereocenters. The molecule has 2 saturated heterocycles. The van der Waals surface area contributed by atoms with Crippen LogP contribution in [0.5, 0.6) is 5.75 Å². The summed E-state index contributed by atoms with van der Waals surface area (Å²) < 4.78 is 21.7. The summed E-state index contributed by atoms with van der Waals surface area (Å²) in [5, 5.41) is 25.7. The molecule has 13 heteroatoms. The molecule has 0 spiro atoms. The Hall–Kier alpha value is -4.98. The summed E-state index contributed by atoms with van der Waals surface area (Å²) in [5.74, 6) is 0.237. The number of benzene rings is 3. The molecule has 3 aromatic carbocycles. The molecular weight excluding hydrogens is 610 g/mol. The van der Waals surface area contributed by atoms with Crippen molar-refractivity contribution in [2.24, 2.45) is 11.0 Å². The van der Waals surface area contributed by atoms with Crippen LogP contribution < -0.4 is 31.8 Å². The van der Waals surface area contributed by atoms with Gasteiger partial charge < -0.3 is 41.0 Å². The third-order valence-electron chi connectivity index (χ3n) is 8.47. The molecule has 3 heterocycles. The summed E-state index contributed by atoms with van der Waals surface area (Å²) >= 11 is 0. The number of nitrogens with zero attached hydrogens (tertiary/aromatic N) is 4. The Morgan fingerprint density at radius 1 is 1.00 bits per heavy atom. The lowest BCUT2D eigenvalue weighted by Gasteiger charge is -2.28. The van der Waals surface area contributed by atoms with Crippen LogP contribution in [0.25, 0.3) is 5.69 Å². The number of ether oxygens (including phenoxy) is 3. The standard InChI is InChI=1S/C35H43N9O4/c36-16-19-40-41-25-35(28-4-2-1-3-5-28)47-24-33(48-35)23-46-32-12-8-30(9-13-32)39-21-20-38-29-6-10-31(11-7-29)43-26-42-44(34(43)45)22-27-14-17-37-18-15-27/h1-13,16,19,26-27,33,36-39,41H,14-15,17-18,20-25H2/b36-16?,40-19-/t33-,35-/m1/s1. The minimum atomic E-state index is -0.992. The predicted octanol–water partition coefficient (Wildman–Crippen LogP) is 3.43.